The van der Waals surface area contributed by atoms with E-state index in [1.807, 2.05) is 0 Å². The van der Waals surface area contributed by atoms with E-state index in [0.29, 0.717) is 0 Å². The van der Waals surface area contributed by atoms with Gasteiger partial charge in [0.1, 0.15) is 5.50 Å². The summed E-state index contributed by atoms with van der Waals surface area (Å²) in [6.45, 7) is 3.24. The van der Waals surface area contributed by atoms with E-state index < -0.39 is 28.3 Å². The van der Waals surface area contributed by atoms with Gasteiger partial charge in [-0.1, -0.05) is 0 Å². The predicted octanol–water partition coefficient (Wildman–Crippen LogP) is 2.51. The van der Waals surface area contributed by atoms with Gasteiger partial charge in [-0.3, -0.25) is 15.0 Å². The first-order valence-corrected chi connectivity index (χ1v) is 6.50. The highest BCUT2D eigenvalue weighted by Crippen LogP contribution is 2.36. The summed E-state index contributed by atoms with van der Waals surface area (Å²) in [6.07, 6.45) is -4.67. The van der Waals surface area contributed by atoms with Gasteiger partial charge in [0, 0.05) is 5.69 Å². The van der Waals surface area contributed by atoms with E-state index in [2.05, 4.69) is 17.9 Å². The van der Waals surface area contributed by atoms with Crippen molar-refractivity contribution in [3.8, 4) is 6.07 Å². The molecule has 1 aromatic carbocycles. The summed E-state index contributed by atoms with van der Waals surface area (Å²) in [4.78, 5) is 13.4. The quantitative estimate of drug-likeness (QED) is 0.783. The highest BCUT2D eigenvalue weighted by atomic mass is 32.1. The van der Waals surface area contributed by atoms with Gasteiger partial charge in [0.2, 0.25) is 5.91 Å². The Morgan fingerprint density at radius 3 is 2.48 bits per heavy atom. The largest absolute Gasteiger partial charge is 0.417 e. The minimum Gasteiger partial charge on any atom is -0.286 e. The van der Waals surface area contributed by atoms with E-state index in [0.717, 1.165) is 17.0 Å². The number of hydrogen-bond donors (Lipinski definition) is 2. The molecular formula is C13H12F3N3OS. The maximum atomic E-state index is 13.0. The second kappa shape index (κ2) is 4.93. The molecule has 1 unspecified atom stereocenters. The SMILES string of the molecule is CC1(C)NC(S)N(c2ccc(C#N)c(C(F)(F)F)c2)C1=O. The van der Waals surface area contributed by atoms with Gasteiger partial charge in [0.25, 0.3) is 0 Å². The van der Waals surface area contributed by atoms with Crippen LogP contribution in [0, 0.1) is 11.3 Å². The number of thiol groups is 1. The number of carbonyl (C=O) groups excluding carboxylic acids is 1. The molecule has 0 spiro atoms. The number of carbonyl (C=O) groups is 1. The summed E-state index contributed by atoms with van der Waals surface area (Å²) in [7, 11) is 0. The molecule has 1 N–H and O–H groups in total. The zero-order chi connectivity index (χ0) is 16.0. The molecule has 1 heterocycles. The summed E-state index contributed by atoms with van der Waals surface area (Å²) < 4.78 is 38.9. The molecule has 0 aliphatic carbocycles. The minimum absolute atomic E-state index is 0.0457. The zero-order valence-electron chi connectivity index (χ0n) is 11.2. The van der Waals surface area contributed by atoms with Crippen LogP contribution < -0.4 is 10.2 Å². The topological polar surface area (TPSA) is 56.1 Å². The van der Waals surface area contributed by atoms with Crippen molar-refractivity contribution >= 4 is 24.2 Å². The molecule has 8 heteroatoms. The second-order valence-corrected chi connectivity index (χ2v) is 5.65. The lowest BCUT2D eigenvalue weighted by molar-refractivity contribution is -0.137. The molecule has 2 rings (SSSR count). The third-order valence-corrected chi connectivity index (χ3v) is 3.56. The first kappa shape index (κ1) is 15.7. The lowest BCUT2D eigenvalue weighted by Gasteiger charge is -2.22. The molecule has 0 radical (unpaired) electrons. The van der Waals surface area contributed by atoms with E-state index in [1.54, 1.807) is 13.8 Å². The summed E-state index contributed by atoms with van der Waals surface area (Å²) in [6, 6.07) is 4.65. The fourth-order valence-corrected chi connectivity index (χ4v) is 2.69. The van der Waals surface area contributed by atoms with E-state index in [4.69, 9.17) is 5.26 Å². The van der Waals surface area contributed by atoms with Gasteiger partial charge >= 0.3 is 6.18 Å². The van der Waals surface area contributed by atoms with Crippen LogP contribution in [0.4, 0.5) is 18.9 Å². The van der Waals surface area contributed by atoms with Crippen molar-refractivity contribution in [2.75, 3.05) is 4.90 Å². The molecule has 1 amide bonds. The van der Waals surface area contributed by atoms with Gasteiger partial charge in [-0.05, 0) is 32.0 Å². The number of hydrogen-bond acceptors (Lipinski definition) is 4. The third-order valence-electron chi connectivity index (χ3n) is 3.20. The Morgan fingerprint density at radius 1 is 1.43 bits per heavy atom. The minimum atomic E-state index is -4.67. The molecule has 1 aliphatic heterocycles. The standard InChI is InChI=1S/C13H12F3N3OS/c1-12(2)10(20)19(11(21)18-12)8-4-3-7(6-17)9(5-8)13(14,15)16/h3-5,11,18,21H,1-2H3. The van der Waals surface area contributed by atoms with E-state index in [-0.39, 0.29) is 11.6 Å². The smallest absolute Gasteiger partial charge is 0.286 e. The molecule has 1 saturated heterocycles. The summed E-state index contributed by atoms with van der Waals surface area (Å²) in [5.41, 5.74) is -3.16. The van der Waals surface area contributed by atoms with Gasteiger partial charge in [0.15, 0.2) is 0 Å². The molecule has 0 aromatic heterocycles. The number of nitrogens with one attached hydrogen (secondary N) is 1. The average Bonchev–Trinajstić information content (AvgIpc) is 2.56. The van der Waals surface area contributed by atoms with Crippen molar-refractivity contribution in [3.05, 3.63) is 29.3 Å². The van der Waals surface area contributed by atoms with Gasteiger partial charge in [-0.2, -0.15) is 18.4 Å². The monoisotopic (exact) mass is 315 g/mol. The van der Waals surface area contributed by atoms with Gasteiger partial charge < -0.3 is 0 Å². The molecule has 4 nitrogen and oxygen atoms in total. The van der Waals surface area contributed by atoms with Crippen molar-refractivity contribution in [2.24, 2.45) is 0 Å². The first-order valence-electron chi connectivity index (χ1n) is 5.98. The maximum Gasteiger partial charge on any atom is 0.417 e. The van der Waals surface area contributed by atoms with Crippen LogP contribution in [0.5, 0.6) is 0 Å². The van der Waals surface area contributed by atoms with Crippen LogP contribution in [0.15, 0.2) is 18.2 Å². The molecule has 1 atom stereocenters. The average molecular weight is 315 g/mol. The number of nitrogens with zero attached hydrogens (tertiary/aromatic N) is 2. The first-order chi connectivity index (χ1) is 9.58. The lowest BCUT2D eigenvalue weighted by atomic mass is 10.0. The van der Waals surface area contributed by atoms with Crippen molar-refractivity contribution in [3.63, 3.8) is 0 Å². The Balaban J connectivity index is 2.52. The van der Waals surface area contributed by atoms with Gasteiger partial charge in [0.05, 0.1) is 22.7 Å². The molecule has 1 aliphatic rings. The summed E-state index contributed by atoms with van der Waals surface area (Å²) >= 11 is 4.17. The van der Waals surface area contributed by atoms with E-state index >= 15 is 0 Å². The molecule has 21 heavy (non-hydrogen) atoms. The van der Waals surface area contributed by atoms with Crippen LogP contribution >= 0.6 is 12.6 Å². The Hall–Kier alpha value is -1.72. The second-order valence-electron chi connectivity index (χ2n) is 5.16. The number of anilines is 1. The van der Waals surface area contributed by atoms with Crippen molar-refractivity contribution in [1.82, 2.24) is 5.32 Å². The van der Waals surface area contributed by atoms with Crippen LogP contribution in [0.3, 0.4) is 0 Å². The maximum absolute atomic E-state index is 13.0. The van der Waals surface area contributed by atoms with Gasteiger partial charge in [-0.25, -0.2) is 0 Å². The molecule has 0 bridgehead atoms. The van der Waals surface area contributed by atoms with E-state index in [1.165, 1.54) is 12.1 Å². The number of rotatable bonds is 1. The number of halogens is 3. The van der Waals surface area contributed by atoms with Gasteiger partial charge in [-0.15, -0.1) is 12.6 Å². The number of alkyl halides is 3. The molecular weight excluding hydrogens is 303 g/mol. The Labute approximate surface area is 124 Å². The van der Waals surface area contributed by atoms with Crippen molar-refractivity contribution in [1.29, 1.82) is 5.26 Å². The summed E-state index contributed by atoms with van der Waals surface area (Å²) in [5.74, 6) is -0.389. The van der Waals surface area contributed by atoms with Crippen LogP contribution in [-0.4, -0.2) is 16.9 Å². The van der Waals surface area contributed by atoms with Crippen molar-refractivity contribution < 1.29 is 18.0 Å². The number of benzene rings is 1. The highest BCUT2D eigenvalue weighted by Gasteiger charge is 2.44. The van der Waals surface area contributed by atoms with E-state index in [9.17, 15) is 18.0 Å². The third kappa shape index (κ3) is 2.71. The normalized spacial score (nSPS) is 21.5. The fourth-order valence-electron chi connectivity index (χ4n) is 2.13. The number of nitriles is 1. The lowest BCUT2D eigenvalue weighted by Crippen LogP contribution is -2.40. The Morgan fingerprint density at radius 2 is 2.05 bits per heavy atom. The van der Waals surface area contributed by atoms with Crippen LogP contribution in [0.25, 0.3) is 0 Å². The number of amides is 1. The predicted molar refractivity (Wildman–Crippen MR) is 73.6 cm³/mol. The molecule has 1 aromatic rings. The van der Waals surface area contributed by atoms with Crippen molar-refractivity contribution in [2.45, 2.75) is 31.1 Å². The fraction of sp³-hybridized carbons (Fsp3) is 0.385. The highest BCUT2D eigenvalue weighted by molar-refractivity contribution is 7.81. The molecule has 112 valence electrons. The Kier molecular flexibility index (Phi) is 3.68. The summed E-state index contributed by atoms with van der Waals surface area (Å²) in [5, 5.41) is 11.6. The Bertz CT molecular complexity index is 637. The van der Waals surface area contributed by atoms with Crippen LogP contribution in [0.1, 0.15) is 25.0 Å². The molecule has 0 saturated carbocycles. The van der Waals surface area contributed by atoms with Crippen LogP contribution in [-0.2, 0) is 11.0 Å². The molecule has 1 fully saturated rings. The van der Waals surface area contributed by atoms with Crippen LogP contribution in [0.2, 0.25) is 0 Å². The zero-order valence-corrected chi connectivity index (χ0v) is 12.1.